The van der Waals surface area contributed by atoms with Crippen LogP contribution in [0.15, 0.2) is 99.8 Å². The van der Waals surface area contributed by atoms with Gasteiger partial charge in [0.15, 0.2) is 0 Å². The number of rotatable bonds is 7. The highest BCUT2D eigenvalue weighted by atomic mass is 35.5. The third-order valence-electron chi connectivity index (χ3n) is 6.88. The van der Waals surface area contributed by atoms with E-state index in [4.69, 9.17) is 16.7 Å². The topological polar surface area (TPSA) is 113 Å². The maximum Gasteiger partial charge on any atom is 0.243 e. The van der Waals surface area contributed by atoms with Gasteiger partial charge in [-0.25, -0.2) is 21.5 Å². The highest BCUT2D eigenvalue weighted by Crippen LogP contribution is 2.31. The molecule has 0 unspecified atom stereocenters. The van der Waals surface area contributed by atoms with Gasteiger partial charge in [0.25, 0.3) is 0 Å². The van der Waals surface area contributed by atoms with E-state index in [1.165, 1.54) is 34.6 Å². The molecule has 1 aromatic heterocycles. The van der Waals surface area contributed by atoms with Gasteiger partial charge in [0.1, 0.15) is 16.7 Å². The normalized spacial score (nSPS) is 15.3. The second kappa shape index (κ2) is 12.0. The number of hydrogen-bond acceptors (Lipinski definition) is 6. The van der Waals surface area contributed by atoms with Crippen LogP contribution in [0.2, 0.25) is 5.02 Å². The van der Waals surface area contributed by atoms with Crippen molar-refractivity contribution in [2.45, 2.75) is 35.5 Å². The van der Waals surface area contributed by atoms with Gasteiger partial charge in [-0.05, 0) is 67.4 Å². The molecule has 3 aromatic carbocycles. The fraction of sp³-hybridized carbons (Fsp3) is 0.200. The molecule has 1 fully saturated rings. The fourth-order valence-electron chi connectivity index (χ4n) is 4.72. The first-order valence-electron chi connectivity index (χ1n) is 13.1. The Balaban J connectivity index is 1.63. The number of sulfonamides is 1. The lowest BCUT2D eigenvalue weighted by molar-refractivity contribution is 0.424. The van der Waals surface area contributed by atoms with Crippen LogP contribution in [0.1, 0.15) is 31.2 Å². The lowest BCUT2D eigenvalue weighted by atomic mass is 10.1. The fourth-order valence-corrected chi connectivity index (χ4v) is 7.56. The average molecular weight is 607 g/mol. The predicted octanol–water partition coefficient (Wildman–Crippen LogP) is 6.10. The van der Waals surface area contributed by atoms with Crippen LogP contribution < -0.4 is 0 Å². The Morgan fingerprint density at radius 2 is 1.54 bits per heavy atom. The number of nitrogens with zero attached hydrogens (tertiary/aromatic N) is 4. The molecule has 0 spiro atoms. The van der Waals surface area contributed by atoms with E-state index in [1.807, 2.05) is 36.4 Å². The Labute approximate surface area is 245 Å². The van der Waals surface area contributed by atoms with Crippen LogP contribution in [0, 0.1) is 11.3 Å². The molecule has 0 bridgehead atoms. The van der Waals surface area contributed by atoms with E-state index >= 15 is 0 Å². The SMILES string of the molecule is N#C/C(=C/c1cn(-c2ccccc2)nc1-c1cccc(S(=O)(=O)N2CCCCCC2)c1)S(=O)(=O)c1ccc(Cl)cc1. The van der Waals surface area contributed by atoms with Gasteiger partial charge in [-0.1, -0.05) is 54.8 Å². The van der Waals surface area contributed by atoms with E-state index < -0.39 is 24.8 Å². The number of para-hydroxylation sites is 1. The molecule has 5 rings (SSSR count). The molecule has 1 aliphatic heterocycles. The van der Waals surface area contributed by atoms with Gasteiger partial charge in [0, 0.05) is 35.4 Å². The molecule has 2 heterocycles. The first kappa shape index (κ1) is 28.8. The number of aromatic nitrogens is 2. The van der Waals surface area contributed by atoms with Crippen LogP contribution in [0.25, 0.3) is 23.0 Å². The summed E-state index contributed by atoms with van der Waals surface area (Å²) in [5, 5.41) is 15.0. The molecule has 0 atom stereocenters. The first-order valence-corrected chi connectivity index (χ1v) is 16.4. The van der Waals surface area contributed by atoms with Crippen molar-refractivity contribution in [3.05, 3.63) is 101 Å². The molecular weight excluding hydrogens is 580 g/mol. The standard InChI is InChI=1S/C30H27ClN4O4S2/c31-25-13-15-27(16-14-25)40(36,37)29(21-32)20-24-22-35(26-10-4-3-5-11-26)33-30(24)23-9-8-12-28(19-23)41(38,39)34-17-6-1-2-7-18-34/h3-5,8-16,19-20,22H,1-2,6-7,17-18H2/b29-20-. The second-order valence-electron chi connectivity index (χ2n) is 9.64. The van der Waals surface area contributed by atoms with E-state index in [-0.39, 0.29) is 9.79 Å². The predicted molar refractivity (Wildman–Crippen MR) is 158 cm³/mol. The van der Waals surface area contributed by atoms with Gasteiger partial charge in [0.05, 0.1) is 15.5 Å². The van der Waals surface area contributed by atoms with Gasteiger partial charge in [-0.15, -0.1) is 0 Å². The largest absolute Gasteiger partial charge is 0.243 e. The minimum Gasteiger partial charge on any atom is -0.240 e. The van der Waals surface area contributed by atoms with Crippen LogP contribution in [-0.4, -0.2) is 44.0 Å². The van der Waals surface area contributed by atoms with Crippen LogP contribution in [0.4, 0.5) is 0 Å². The van der Waals surface area contributed by atoms with Crippen molar-refractivity contribution in [3.8, 4) is 23.0 Å². The van der Waals surface area contributed by atoms with E-state index in [2.05, 4.69) is 0 Å². The summed E-state index contributed by atoms with van der Waals surface area (Å²) in [5.41, 5.74) is 1.86. The summed E-state index contributed by atoms with van der Waals surface area (Å²) in [4.78, 5) is -0.422. The average Bonchev–Trinajstić information content (AvgIpc) is 3.20. The summed E-state index contributed by atoms with van der Waals surface area (Å²) in [5.74, 6) is 0. The summed E-state index contributed by atoms with van der Waals surface area (Å²) < 4.78 is 56.8. The smallest absolute Gasteiger partial charge is 0.240 e. The van der Waals surface area contributed by atoms with Gasteiger partial charge in [-0.3, -0.25) is 0 Å². The lowest BCUT2D eigenvalue weighted by Gasteiger charge is -2.20. The summed E-state index contributed by atoms with van der Waals surface area (Å²) in [7, 11) is -7.91. The van der Waals surface area contributed by atoms with Crippen molar-refractivity contribution in [2.24, 2.45) is 0 Å². The van der Waals surface area contributed by atoms with Crippen LogP contribution in [0.5, 0.6) is 0 Å². The highest BCUT2D eigenvalue weighted by molar-refractivity contribution is 7.95. The van der Waals surface area contributed by atoms with E-state index in [0.29, 0.717) is 40.6 Å². The molecule has 41 heavy (non-hydrogen) atoms. The number of nitriles is 1. The maximum atomic E-state index is 13.5. The molecule has 4 aromatic rings. The second-order valence-corrected chi connectivity index (χ2v) is 13.9. The molecule has 11 heteroatoms. The Bertz CT molecular complexity index is 1840. The third kappa shape index (κ3) is 6.14. The van der Waals surface area contributed by atoms with Crippen LogP contribution in [0.3, 0.4) is 0 Å². The molecule has 0 radical (unpaired) electrons. The number of hydrogen-bond donors (Lipinski definition) is 0. The van der Waals surface area contributed by atoms with Gasteiger partial charge < -0.3 is 0 Å². The molecular formula is C30H27ClN4O4S2. The molecule has 1 aliphatic rings. The lowest BCUT2D eigenvalue weighted by Crippen LogP contribution is -2.31. The summed E-state index contributed by atoms with van der Waals surface area (Å²) in [6.45, 7) is 0.939. The molecule has 0 N–H and O–H groups in total. The monoisotopic (exact) mass is 606 g/mol. The van der Waals surface area contributed by atoms with E-state index in [1.54, 1.807) is 35.1 Å². The zero-order valence-electron chi connectivity index (χ0n) is 22.0. The van der Waals surface area contributed by atoms with Crippen molar-refractivity contribution in [3.63, 3.8) is 0 Å². The quantitative estimate of drug-likeness (QED) is 0.235. The van der Waals surface area contributed by atoms with Crippen molar-refractivity contribution in [1.82, 2.24) is 14.1 Å². The van der Waals surface area contributed by atoms with Gasteiger partial charge >= 0.3 is 0 Å². The van der Waals surface area contributed by atoms with Crippen LogP contribution in [-0.2, 0) is 19.9 Å². The third-order valence-corrected chi connectivity index (χ3v) is 10.7. The Morgan fingerprint density at radius 3 is 2.20 bits per heavy atom. The summed E-state index contributed by atoms with van der Waals surface area (Å²) in [6.07, 6.45) is 6.51. The molecule has 0 aliphatic carbocycles. The van der Waals surface area contributed by atoms with Crippen molar-refractivity contribution < 1.29 is 16.8 Å². The number of benzene rings is 3. The maximum absolute atomic E-state index is 13.5. The zero-order chi connectivity index (χ0) is 29.0. The molecule has 8 nitrogen and oxygen atoms in total. The Morgan fingerprint density at radius 1 is 0.854 bits per heavy atom. The molecule has 0 amide bonds. The van der Waals surface area contributed by atoms with Crippen molar-refractivity contribution in [2.75, 3.05) is 13.1 Å². The number of halogens is 1. The van der Waals surface area contributed by atoms with E-state index in [9.17, 15) is 22.1 Å². The first-order chi connectivity index (χ1) is 19.7. The van der Waals surface area contributed by atoms with Crippen molar-refractivity contribution >= 4 is 37.5 Å². The summed E-state index contributed by atoms with van der Waals surface area (Å²) in [6, 6.07) is 23.1. The van der Waals surface area contributed by atoms with Crippen molar-refractivity contribution in [1.29, 1.82) is 5.26 Å². The van der Waals surface area contributed by atoms with Crippen LogP contribution >= 0.6 is 11.6 Å². The number of sulfone groups is 1. The highest BCUT2D eigenvalue weighted by Gasteiger charge is 2.27. The Hall–Kier alpha value is -3.75. The molecule has 1 saturated heterocycles. The minimum atomic E-state index is -4.17. The minimum absolute atomic E-state index is 0.0720. The molecule has 210 valence electrons. The van der Waals surface area contributed by atoms with E-state index in [0.717, 1.165) is 25.7 Å². The molecule has 0 saturated carbocycles. The Kier molecular flexibility index (Phi) is 8.42. The van der Waals surface area contributed by atoms with Gasteiger partial charge in [-0.2, -0.15) is 14.7 Å². The number of allylic oxidation sites excluding steroid dienone is 1. The zero-order valence-corrected chi connectivity index (χ0v) is 24.4. The van der Waals surface area contributed by atoms with Gasteiger partial charge in [0.2, 0.25) is 19.9 Å². The summed E-state index contributed by atoms with van der Waals surface area (Å²) >= 11 is 5.93.